The molecule has 0 radical (unpaired) electrons. The SMILES string of the molecule is CCc1c(Cc2ccc(OC)cc2)[nH]c2cc(C(=O)O)ccc12. The first-order chi connectivity index (χ1) is 11.1. The number of fused-ring (bicyclic) bond motifs is 1. The maximum Gasteiger partial charge on any atom is 0.335 e. The number of hydrogen-bond donors (Lipinski definition) is 2. The van der Waals surface area contributed by atoms with E-state index in [1.807, 2.05) is 30.3 Å². The van der Waals surface area contributed by atoms with E-state index in [1.165, 1.54) is 11.1 Å². The highest BCUT2D eigenvalue weighted by Gasteiger charge is 2.12. The van der Waals surface area contributed by atoms with E-state index in [4.69, 9.17) is 9.84 Å². The maximum absolute atomic E-state index is 11.1. The van der Waals surface area contributed by atoms with Crippen LogP contribution in [0.5, 0.6) is 5.75 Å². The molecule has 0 aliphatic rings. The summed E-state index contributed by atoms with van der Waals surface area (Å²) in [5, 5.41) is 10.2. The highest BCUT2D eigenvalue weighted by atomic mass is 16.5. The number of aromatic carboxylic acids is 1. The fraction of sp³-hybridized carbons (Fsp3) is 0.211. The summed E-state index contributed by atoms with van der Waals surface area (Å²) >= 11 is 0. The topological polar surface area (TPSA) is 62.3 Å². The number of aromatic nitrogens is 1. The molecule has 0 aliphatic heterocycles. The molecular weight excluding hydrogens is 290 g/mol. The third kappa shape index (κ3) is 2.93. The van der Waals surface area contributed by atoms with Gasteiger partial charge in [0.1, 0.15) is 5.75 Å². The van der Waals surface area contributed by atoms with Crippen LogP contribution in [-0.4, -0.2) is 23.2 Å². The van der Waals surface area contributed by atoms with Crippen LogP contribution < -0.4 is 4.74 Å². The summed E-state index contributed by atoms with van der Waals surface area (Å²) in [4.78, 5) is 14.5. The van der Waals surface area contributed by atoms with Crippen LogP contribution >= 0.6 is 0 Å². The van der Waals surface area contributed by atoms with E-state index >= 15 is 0 Å². The van der Waals surface area contributed by atoms with Gasteiger partial charge in [-0.1, -0.05) is 25.1 Å². The van der Waals surface area contributed by atoms with Gasteiger partial charge < -0.3 is 14.8 Å². The second kappa shape index (κ2) is 6.16. The van der Waals surface area contributed by atoms with Crippen LogP contribution in [0.3, 0.4) is 0 Å². The first kappa shape index (κ1) is 15.2. The van der Waals surface area contributed by atoms with Crippen molar-refractivity contribution in [2.24, 2.45) is 0 Å². The molecule has 0 aliphatic carbocycles. The molecule has 3 aromatic rings. The molecule has 23 heavy (non-hydrogen) atoms. The molecule has 0 unspecified atom stereocenters. The summed E-state index contributed by atoms with van der Waals surface area (Å²) in [5.41, 5.74) is 4.75. The van der Waals surface area contributed by atoms with Crippen LogP contribution in [0, 0.1) is 0 Å². The van der Waals surface area contributed by atoms with Crippen LogP contribution in [0.25, 0.3) is 10.9 Å². The van der Waals surface area contributed by atoms with E-state index in [1.54, 1.807) is 19.2 Å². The Hall–Kier alpha value is -2.75. The van der Waals surface area contributed by atoms with Gasteiger partial charge in [-0.3, -0.25) is 0 Å². The number of nitrogens with one attached hydrogen (secondary N) is 1. The van der Waals surface area contributed by atoms with Crippen LogP contribution in [-0.2, 0) is 12.8 Å². The van der Waals surface area contributed by atoms with Gasteiger partial charge in [0.2, 0.25) is 0 Å². The molecule has 118 valence electrons. The number of aryl methyl sites for hydroxylation is 1. The number of aromatic amines is 1. The molecule has 0 atom stereocenters. The average molecular weight is 309 g/mol. The fourth-order valence-corrected chi connectivity index (χ4v) is 2.95. The standard InChI is InChI=1S/C19H19NO3/c1-3-15-16-9-6-13(19(21)22)11-18(16)20-17(15)10-12-4-7-14(23-2)8-5-12/h4-9,11,20H,3,10H2,1-2H3,(H,21,22). The Morgan fingerprint density at radius 1 is 1.17 bits per heavy atom. The average Bonchev–Trinajstić information content (AvgIpc) is 2.91. The van der Waals surface area contributed by atoms with Crippen molar-refractivity contribution in [2.75, 3.05) is 7.11 Å². The molecule has 0 spiro atoms. The second-order valence-electron chi connectivity index (χ2n) is 5.53. The Labute approximate surface area is 134 Å². The monoisotopic (exact) mass is 309 g/mol. The molecule has 0 fully saturated rings. The van der Waals surface area contributed by atoms with Gasteiger partial charge in [-0.15, -0.1) is 0 Å². The minimum absolute atomic E-state index is 0.303. The normalized spacial score (nSPS) is 10.9. The van der Waals surface area contributed by atoms with Crippen molar-refractivity contribution in [3.8, 4) is 5.75 Å². The Morgan fingerprint density at radius 3 is 2.52 bits per heavy atom. The number of carboxylic acids is 1. The number of carboxylic acid groups (broad SMARTS) is 1. The molecule has 2 N–H and O–H groups in total. The zero-order valence-corrected chi connectivity index (χ0v) is 13.2. The number of H-pyrrole nitrogens is 1. The van der Waals surface area contributed by atoms with E-state index < -0.39 is 5.97 Å². The first-order valence-corrected chi connectivity index (χ1v) is 7.62. The van der Waals surface area contributed by atoms with Crippen LogP contribution in [0.15, 0.2) is 42.5 Å². The molecule has 2 aromatic carbocycles. The Bertz CT molecular complexity index is 847. The summed E-state index contributed by atoms with van der Waals surface area (Å²) in [5.74, 6) is -0.0662. The van der Waals surface area contributed by atoms with Crippen LogP contribution in [0.2, 0.25) is 0 Å². The van der Waals surface area contributed by atoms with Crippen LogP contribution in [0.1, 0.15) is 34.1 Å². The van der Waals surface area contributed by atoms with Crippen molar-refractivity contribution in [1.82, 2.24) is 4.98 Å². The summed E-state index contributed by atoms with van der Waals surface area (Å²) < 4.78 is 5.18. The molecule has 0 amide bonds. The lowest BCUT2D eigenvalue weighted by Gasteiger charge is -2.04. The lowest BCUT2D eigenvalue weighted by Crippen LogP contribution is -1.94. The van der Waals surface area contributed by atoms with Crippen molar-refractivity contribution >= 4 is 16.9 Å². The fourth-order valence-electron chi connectivity index (χ4n) is 2.95. The van der Waals surface area contributed by atoms with Gasteiger partial charge in [-0.25, -0.2) is 4.79 Å². The Morgan fingerprint density at radius 2 is 1.91 bits per heavy atom. The Balaban J connectivity index is 2.00. The summed E-state index contributed by atoms with van der Waals surface area (Å²) in [7, 11) is 1.65. The van der Waals surface area contributed by atoms with Gasteiger partial charge in [0, 0.05) is 23.0 Å². The van der Waals surface area contributed by atoms with Gasteiger partial charge in [-0.2, -0.15) is 0 Å². The van der Waals surface area contributed by atoms with Gasteiger partial charge in [0.05, 0.1) is 12.7 Å². The lowest BCUT2D eigenvalue weighted by atomic mass is 10.0. The zero-order chi connectivity index (χ0) is 16.4. The molecule has 4 nitrogen and oxygen atoms in total. The predicted molar refractivity (Wildman–Crippen MR) is 90.4 cm³/mol. The van der Waals surface area contributed by atoms with Gasteiger partial charge in [0.25, 0.3) is 0 Å². The molecule has 0 saturated heterocycles. The van der Waals surface area contributed by atoms with Gasteiger partial charge >= 0.3 is 5.97 Å². The third-order valence-electron chi connectivity index (χ3n) is 4.13. The van der Waals surface area contributed by atoms with Gasteiger partial charge in [0.15, 0.2) is 0 Å². The predicted octanol–water partition coefficient (Wildman–Crippen LogP) is 4.03. The maximum atomic E-state index is 11.1. The number of hydrogen-bond acceptors (Lipinski definition) is 2. The molecule has 0 saturated carbocycles. The number of carbonyl (C=O) groups is 1. The van der Waals surface area contributed by atoms with E-state index in [-0.39, 0.29) is 0 Å². The minimum atomic E-state index is -0.906. The van der Waals surface area contributed by atoms with E-state index in [0.29, 0.717) is 5.56 Å². The first-order valence-electron chi connectivity index (χ1n) is 7.62. The third-order valence-corrected chi connectivity index (χ3v) is 4.13. The minimum Gasteiger partial charge on any atom is -0.497 e. The van der Waals surface area contributed by atoms with Crippen molar-refractivity contribution in [1.29, 1.82) is 0 Å². The van der Waals surface area contributed by atoms with Crippen LogP contribution in [0.4, 0.5) is 0 Å². The molecule has 4 heteroatoms. The highest BCUT2D eigenvalue weighted by molar-refractivity contribution is 5.94. The summed E-state index contributed by atoms with van der Waals surface area (Å²) in [6, 6.07) is 13.3. The molecule has 1 heterocycles. The second-order valence-corrected chi connectivity index (χ2v) is 5.53. The number of benzene rings is 2. The van der Waals surface area contributed by atoms with E-state index in [2.05, 4.69) is 11.9 Å². The molecule has 1 aromatic heterocycles. The molecular formula is C19H19NO3. The molecule has 3 rings (SSSR count). The lowest BCUT2D eigenvalue weighted by molar-refractivity contribution is 0.0697. The molecule has 0 bridgehead atoms. The number of ether oxygens (including phenoxy) is 1. The smallest absolute Gasteiger partial charge is 0.335 e. The summed E-state index contributed by atoms with van der Waals surface area (Å²) in [6.45, 7) is 2.12. The summed E-state index contributed by atoms with van der Waals surface area (Å²) in [6.07, 6.45) is 1.68. The Kier molecular flexibility index (Phi) is 4.06. The van der Waals surface area contributed by atoms with Crippen molar-refractivity contribution in [2.45, 2.75) is 19.8 Å². The number of rotatable bonds is 5. The largest absolute Gasteiger partial charge is 0.497 e. The quantitative estimate of drug-likeness (QED) is 0.748. The van der Waals surface area contributed by atoms with Crippen molar-refractivity contribution < 1.29 is 14.6 Å². The van der Waals surface area contributed by atoms with Gasteiger partial charge in [-0.05, 0) is 41.8 Å². The van der Waals surface area contributed by atoms with E-state index in [9.17, 15) is 4.79 Å². The van der Waals surface area contributed by atoms with Crippen molar-refractivity contribution in [3.63, 3.8) is 0 Å². The highest BCUT2D eigenvalue weighted by Crippen LogP contribution is 2.26. The van der Waals surface area contributed by atoms with E-state index in [0.717, 1.165) is 35.2 Å². The van der Waals surface area contributed by atoms with Crippen molar-refractivity contribution in [3.05, 3.63) is 64.8 Å². The number of methoxy groups -OCH3 is 1. The zero-order valence-electron chi connectivity index (χ0n) is 13.2.